The van der Waals surface area contributed by atoms with Gasteiger partial charge in [-0.3, -0.25) is 10.2 Å². The fourth-order valence-corrected chi connectivity index (χ4v) is 0.944. The van der Waals surface area contributed by atoms with E-state index in [2.05, 4.69) is 15.8 Å². The molecule has 4 N–H and O–H groups in total. The lowest BCUT2D eigenvalue weighted by molar-refractivity contribution is -0.136. The van der Waals surface area contributed by atoms with Gasteiger partial charge in [0.2, 0.25) is 0 Å². The molecule has 0 aromatic rings. The quantitative estimate of drug-likeness (QED) is 0.291. The minimum absolute atomic E-state index is 0.160. The summed E-state index contributed by atoms with van der Waals surface area (Å²) in [5.41, 5.74) is 2.05. The number of nitrogens with one attached hydrogen (secondary N) is 2. The second kappa shape index (κ2) is 7.57. The van der Waals surface area contributed by atoms with Crippen molar-refractivity contribution >= 4 is 35.0 Å². The Bertz CT molecular complexity index is 316. The summed E-state index contributed by atoms with van der Waals surface area (Å²) in [4.78, 5) is 20.9. The molecule has 0 unspecified atom stereocenters. The minimum atomic E-state index is -1.27. The minimum Gasteiger partial charge on any atom is -0.481 e. The van der Waals surface area contributed by atoms with E-state index in [0.29, 0.717) is 6.54 Å². The molecular formula is C8H13N3O4S. The maximum Gasteiger partial charge on any atom is 0.352 e. The van der Waals surface area contributed by atoms with Crippen LogP contribution in [0.4, 0.5) is 0 Å². The number of hydrazone groups is 1. The van der Waals surface area contributed by atoms with Crippen LogP contribution >= 0.6 is 12.2 Å². The molecule has 8 heteroatoms. The van der Waals surface area contributed by atoms with Gasteiger partial charge in [-0.05, 0) is 19.1 Å². The van der Waals surface area contributed by atoms with Crippen molar-refractivity contribution in [2.24, 2.45) is 5.10 Å². The van der Waals surface area contributed by atoms with Crippen molar-refractivity contribution in [3.63, 3.8) is 0 Å². The molecule has 16 heavy (non-hydrogen) atoms. The third-order valence-electron chi connectivity index (χ3n) is 1.45. The second-order valence-electron chi connectivity index (χ2n) is 2.73. The zero-order valence-corrected chi connectivity index (χ0v) is 9.50. The van der Waals surface area contributed by atoms with E-state index in [0.717, 1.165) is 0 Å². The smallest absolute Gasteiger partial charge is 0.352 e. The molecule has 0 radical (unpaired) electrons. The van der Waals surface area contributed by atoms with Gasteiger partial charge < -0.3 is 15.5 Å². The molecule has 90 valence electrons. The van der Waals surface area contributed by atoms with Gasteiger partial charge in [0.05, 0.1) is 6.42 Å². The van der Waals surface area contributed by atoms with Gasteiger partial charge in [-0.1, -0.05) is 0 Å². The summed E-state index contributed by atoms with van der Waals surface area (Å²) in [6.45, 7) is 2.40. The third-order valence-corrected chi connectivity index (χ3v) is 1.69. The summed E-state index contributed by atoms with van der Waals surface area (Å²) in [5.74, 6) is -2.35. The Kier molecular flexibility index (Phi) is 6.77. The Balaban J connectivity index is 4.30. The molecule has 0 rings (SSSR count). The fourth-order valence-electron chi connectivity index (χ4n) is 0.754. The monoisotopic (exact) mass is 247 g/mol. The van der Waals surface area contributed by atoms with Crippen molar-refractivity contribution in [3.05, 3.63) is 0 Å². The fraction of sp³-hybridized carbons (Fsp3) is 0.500. The van der Waals surface area contributed by atoms with Gasteiger partial charge in [-0.25, -0.2) is 4.79 Å². The third kappa shape index (κ3) is 6.71. The average molecular weight is 247 g/mol. The Morgan fingerprint density at radius 2 is 1.94 bits per heavy atom. The number of carboxylic acids is 2. The van der Waals surface area contributed by atoms with E-state index in [1.807, 2.05) is 6.92 Å². The van der Waals surface area contributed by atoms with E-state index < -0.39 is 11.9 Å². The molecule has 0 aliphatic carbocycles. The molecule has 0 saturated heterocycles. The number of aliphatic carboxylic acids is 2. The molecule has 0 bridgehead atoms. The van der Waals surface area contributed by atoms with Crippen molar-refractivity contribution < 1.29 is 19.8 Å². The Morgan fingerprint density at radius 1 is 1.31 bits per heavy atom. The highest BCUT2D eigenvalue weighted by molar-refractivity contribution is 7.80. The summed E-state index contributed by atoms with van der Waals surface area (Å²) in [6, 6.07) is 0. The van der Waals surface area contributed by atoms with Crippen LogP contribution in [0.2, 0.25) is 0 Å². The molecule has 0 aromatic heterocycles. The normalized spacial score (nSPS) is 10.7. The maximum absolute atomic E-state index is 10.7. The first-order valence-corrected chi connectivity index (χ1v) is 4.93. The van der Waals surface area contributed by atoms with E-state index in [1.54, 1.807) is 0 Å². The van der Waals surface area contributed by atoms with Crippen LogP contribution in [0.3, 0.4) is 0 Å². The number of hydrogen-bond donors (Lipinski definition) is 4. The number of carboxylic acid groups (broad SMARTS) is 2. The van der Waals surface area contributed by atoms with Gasteiger partial charge in [0.1, 0.15) is 5.71 Å². The highest BCUT2D eigenvalue weighted by Crippen LogP contribution is 1.93. The molecule has 0 aliphatic heterocycles. The van der Waals surface area contributed by atoms with Crippen LogP contribution in [-0.4, -0.2) is 39.5 Å². The van der Waals surface area contributed by atoms with E-state index in [4.69, 9.17) is 22.4 Å². The standard InChI is InChI=1S/C8H13N3O4S/c1-2-9-8(16)11-10-5(7(14)15)3-4-6(12)13/h2-4H2,1H3,(H,12,13)(H,14,15)(H2,9,11,16)/b10-5-. The average Bonchev–Trinajstić information content (AvgIpc) is 2.17. The summed E-state index contributed by atoms with van der Waals surface area (Å²) < 4.78 is 0. The molecule has 0 amide bonds. The van der Waals surface area contributed by atoms with Crippen LogP contribution in [0.5, 0.6) is 0 Å². The summed E-state index contributed by atoms with van der Waals surface area (Å²) in [6.07, 6.45) is -0.451. The molecule has 0 aliphatic rings. The SMILES string of the molecule is CCNC(=S)N/N=C(/CCC(=O)O)C(=O)O. The predicted molar refractivity (Wildman–Crippen MR) is 61.4 cm³/mol. The Morgan fingerprint density at radius 3 is 2.38 bits per heavy atom. The molecular weight excluding hydrogens is 234 g/mol. The highest BCUT2D eigenvalue weighted by atomic mass is 32.1. The lowest BCUT2D eigenvalue weighted by Gasteiger charge is -2.04. The first-order valence-electron chi connectivity index (χ1n) is 4.52. The van der Waals surface area contributed by atoms with Crippen molar-refractivity contribution in [3.8, 4) is 0 Å². The van der Waals surface area contributed by atoms with Crippen LogP contribution in [0, 0.1) is 0 Å². The molecule has 0 saturated carbocycles. The molecule has 7 nitrogen and oxygen atoms in total. The van der Waals surface area contributed by atoms with E-state index >= 15 is 0 Å². The second-order valence-corrected chi connectivity index (χ2v) is 3.14. The van der Waals surface area contributed by atoms with Gasteiger partial charge >= 0.3 is 11.9 Å². The largest absolute Gasteiger partial charge is 0.481 e. The van der Waals surface area contributed by atoms with Crippen LogP contribution in [-0.2, 0) is 9.59 Å². The van der Waals surface area contributed by atoms with E-state index in [-0.39, 0.29) is 23.7 Å². The van der Waals surface area contributed by atoms with Gasteiger partial charge in [-0.2, -0.15) is 5.10 Å². The van der Waals surface area contributed by atoms with Crippen LogP contribution < -0.4 is 10.7 Å². The van der Waals surface area contributed by atoms with Crippen LogP contribution in [0.25, 0.3) is 0 Å². The predicted octanol–water partition coefficient (Wildman–Crippen LogP) is -0.224. The summed E-state index contributed by atoms with van der Waals surface area (Å²) >= 11 is 4.76. The zero-order chi connectivity index (χ0) is 12.6. The molecule has 0 aromatic carbocycles. The van der Waals surface area contributed by atoms with Crippen LogP contribution in [0.1, 0.15) is 19.8 Å². The number of carbonyl (C=O) groups is 2. The number of nitrogens with zero attached hydrogens (tertiary/aromatic N) is 1. The highest BCUT2D eigenvalue weighted by Gasteiger charge is 2.11. The lowest BCUT2D eigenvalue weighted by atomic mass is 10.2. The summed E-state index contributed by atoms with van der Waals surface area (Å²) in [7, 11) is 0. The van der Waals surface area contributed by atoms with E-state index in [1.165, 1.54) is 0 Å². The summed E-state index contributed by atoms with van der Waals surface area (Å²) in [5, 5.41) is 23.5. The van der Waals surface area contributed by atoms with Gasteiger partial charge in [0.25, 0.3) is 0 Å². The van der Waals surface area contributed by atoms with Crippen LogP contribution in [0.15, 0.2) is 5.10 Å². The van der Waals surface area contributed by atoms with Gasteiger partial charge in [0, 0.05) is 13.0 Å². The molecule has 0 spiro atoms. The van der Waals surface area contributed by atoms with Crippen molar-refractivity contribution in [1.82, 2.24) is 10.7 Å². The molecule has 0 heterocycles. The van der Waals surface area contributed by atoms with E-state index in [9.17, 15) is 9.59 Å². The first kappa shape index (κ1) is 14.3. The first-order chi connectivity index (χ1) is 7.47. The van der Waals surface area contributed by atoms with Gasteiger partial charge in [-0.15, -0.1) is 0 Å². The number of rotatable bonds is 6. The number of hydrogen-bond acceptors (Lipinski definition) is 4. The number of thiocarbonyl (C=S) groups is 1. The molecule has 0 atom stereocenters. The van der Waals surface area contributed by atoms with Crippen molar-refractivity contribution in [2.75, 3.05) is 6.54 Å². The van der Waals surface area contributed by atoms with Crippen molar-refractivity contribution in [2.45, 2.75) is 19.8 Å². The van der Waals surface area contributed by atoms with Gasteiger partial charge in [0.15, 0.2) is 5.11 Å². The Hall–Kier alpha value is -1.70. The Labute approximate surface area is 97.5 Å². The topological polar surface area (TPSA) is 111 Å². The van der Waals surface area contributed by atoms with Crippen molar-refractivity contribution in [1.29, 1.82) is 0 Å². The lowest BCUT2D eigenvalue weighted by Crippen LogP contribution is -2.33. The molecule has 0 fully saturated rings. The zero-order valence-electron chi connectivity index (χ0n) is 8.69. The maximum atomic E-state index is 10.7.